The fraction of sp³-hybridized carbons (Fsp3) is 0.857. The van der Waals surface area contributed by atoms with Gasteiger partial charge in [0.15, 0.2) is 5.60 Å². The lowest BCUT2D eigenvalue weighted by Gasteiger charge is -2.24. The average molecular weight is 156 g/mol. The van der Waals surface area contributed by atoms with Gasteiger partial charge in [-0.15, -0.1) is 0 Å². The van der Waals surface area contributed by atoms with Gasteiger partial charge in [0.1, 0.15) is 0 Å². The van der Waals surface area contributed by atoms with E-state index in [0.717, 1.165) is 13.0 Å². The van der Waals surface area contributed by atoms with Crippen LogP contribution in [0.3, 0.4) is 0 Å². The highest BCUT2D eigenvalue weighted by Crippen LogP contribution is 2.32. The summed E-state index contributed by atoms with van der Waals surface area (Å²) < 4.78 is 10.8. The number of rotatable bonds is 0. The van der Waals surface area contributed by atoms with Gasteiger partial charge in [-0.1, -0.05) is 0 Å². The Morgan fingerprint density at radius 2 is 2.55 bits per heavy atom. The maximum Gasteiger partial charge on any atom is 0.282 e. The van der Waals surface area contributed by atoms with E-state index in [4.69, 9.17) is 15.2 Å². The Kier molecular flexibility index (Phi) is 1.32. The molecule has 2 heterocycles. The van der Waals surface area contributed by atoms with Crippen LogP contribution >= 0.6 is 0 Å². The number of nitrogens with two attached hydrogens (primary N) is 1. The van der Waals surface area contributed by atoms with Gasteiger partial charge >= 0.3 is 0 Å². The summed E-state index contributed by atoms with van der Waals surface area (Å²) in [6, 6.07) is 0.308. The van der Waals surface area contributed by atoms with Crippen LogP contribution in [0.4, 0.5) is 0 Å². The van der Waals surface area contributed by atoms with Crippen molar-refractivity contribution in [3.63, 3.8) is 0 Å². The van der Waals surface area contributed by atoms with Crippen molar-refractivity contribution < 1.29 is 9.47 Å². The summed E-state index contributed by atoms with van der Waals surface area (Å²) in [5.41, 5.74) is 5.19. The third kappa shape index (κ3) is 0.894. The summed E-state index contributed by atoms with van der Waals surface area (Å²) in [6.07, 6.45) is 1.02. The molecule has 2 rings (SSSR count). The molecule has 0 aromatic rings. The average Bonchev–Trinajstić information content (AvgIpc) is 2.46. The minimum absolute atomic E-state index is 0.118. The van der Waals surface area contributed by atoms with Gasteiger partial charge in [-0.3, -0.25) is 0 Å². The van der Waals surface area contributed by atoms with Crippen LogP contribution in [0.5, 0.6) is 0 Å². The predicted molar refractivity (Wildman–Crippen MR) is 40.3 cm³/mol. The highest BCUT2D eigenvalue weighted by Gasteiger charge is 2.47. The lowest BCUT2D eigenvalue weighted by molar-refractivity contribution is 0.00263. The van der Waals surface area contributed by atoms with Gasteiger partial charge in [0, 0.05) is 6.42 Å². The smallest absolute Gasteiger partial charge is 0.282 e. The number of ether oxygens (including phenoxy) is 2. The largest absolute Gasteiger partial charge is 0.454 e. The molecular weight excluding hydrogens is 144 g/mol. The Labute approximate surface area is 65.4 Å². The molecule has 0 radical (unpaired) electrons. The van der Waals surface area contributed by atoms with E-state index in [1.54, 1.807) is 0 Å². The minimum Gasteiger partial charge on any atom is -0.454 e. The molecule has 0 aliphatic carbocycles. The van der Waals surface area contributed by atoms with Crippen molar-refractivity contribution in [2.45, 2.75) is 25.0 Å². The van der Waals surface area contributed by atoms with Crippen molar-refractivity contribution in [3.8, 4) is 0 Å². The van der Waals surface area contributed by atoms with Crippen molar-refractivity contribution in [3.05, 3.63) is 0 Å². The lowest BCUT2D eigenvalue weighted by Crippen LogP contribution is -2.41. The number of amidine groups is 1. The second kappa shape index (κ2) is 2.11. The Balaban J connectivity index is 2.13. The molecule has 2 aliphatic heterocycles. The maximum absolute atomic E-state index is 5.42. The zero-order chi connectivity index (χ0) is 7.90. The summed E-state index contributed by atoms with van der Waals surface area (Å²) in [4.78, 5) is 4.01. The van der Waals surface area contributed by atoms with E-state index in [9.17, 15) is 0 Å². The Morgan fingerprint density at radius 1 is 1.73 bits per heavy atom. The molecule has 2 aliphatic rings. The van der Waals surface area contributed by atoms with Crippen molar-refractivity contribution in [2.24, 2.45) is 10.7 Å². The molecule has 11 heavy (non-hydrogen) atoms. The van der Waals surface area contributed by atoms with Crippen molar-refractivity contribution >= 4 is 6.02 Å². The van der Waals surface area contributed by atoms with Crippen molar-refractivity contribution in [2.75, 3.05) is 13.2 Å². The Bertz CT molecular complexity index is 205. The predicted octanol–water partition coefficient (Wildman–Crippen LogP) is -0.121. The summed E-state index contributed by atoms with van der Waals surface area (Å²) in [6.45, 7) is 3.41. The highest BCUT2D eigenvalue weighted by molar-refractivity contribution is 5.73. The van der Waals surface area contributed by atoms with Gasteiger partial charge in [-0.2, -0.15) is 0 Å². The first-order chi connectivity index (χ1) is 5.23. The maximum atomic E-state index is 5.42. The molecule has 2 atom stereocenters. The van der Waals surface area contributed by atoms with Gasteiger partial charge in [0.2, 0.25) is 0 Å². The van der Waals surface area contributed by atoms with Crippen LogP contribution in [-0.4, -0.2) is 30.9 Å². The first kappa shape index (κ1) is 6.91. The standard InChI is InChI=1S/C7H12N2O2/c1-5-7(2-3-10-5)4-9-6(8)11-7/h5H,2-4H2,1H3,(H2,8,9). The molecule has 62 valence electrons. The van der Waals surface area contributed by atoms with E-state index in [-0.39, 0.29) is 11.7 Å². The minimum atomic E-state index is -0.232. The van der Waals surface area contributed by atoms with E-state index in [1.165, 1.54) is 0 Å². The van der Waals surface area contributed by atoms with Crippen LogP contribution in [0.25, 0.3) is 0 Å². The van der Waals surface area contributed by atoms with Crippen LogP contribution < -0.4 is 5.73 Å². The molecule has 1 fully saturated rings. The molecule has 2 unspecified atom stereocenters. The zero-order valence-corrected chi connectivity index (χ0v) is 6.54. The molecule has 0 aromatic heterocycles. The van der Waals surface area contributed by atoms with E-state index < -0.39 is 0 Å². The third-order valence-electron chi connectivity index (χ3n) is 2.44. The monoisotopic (exact) mass is 156 g/mol. The van der Waals surface area contributed by atoms with E-state index in [2.05, 4.69) is 4.99 Å². The topological polar surface area (TPSA) is 56.8 Å². The third-order valence-corrected chi connectivity index (χ3v) is 2.44. The molecule has 2 N–H and O–H groups in total. The number of nitrogens with zero attached hydrogens (tertiary/aromatic N) is 1. The summed E-state index contributed by atoms with van der Waals surface area (Å²) in [5.74, 6) is 0. The molecule has 0 bridgehead atoms. The van der Waals surface area contributed by atoms with Crippen LogP contribution in [0.2, 0.25) is 0 Å². The molecule has 4 nitrogen and oxygen atoms in total. The van der Waals surface area contributed by atoms with Gasteiger partial charge < -0.3 is 15.2 Å². The van der Waals surface area contributed by atoms with E-state index >= 15 is 0 Å². The highest BCUT2D eigenvalue weighted by atomic mass is 16.6. The van der Waals surface area contributed by atoms with Gasteiger partial charge in [-0.25, -0.2) is 4.99 Å². The van der Waals surface area contributed by atoms with Crippen LogP contribution in [0, 0.1) is 0 Å². The van der Waals surface area contributed by atoms with E-state index in [1.807, 2.05) is 6.92 Å². The Hall–Kier alpha value is -0.770. The fourth-order valence-electron chi connectivity index (χ4n) is 1.59. The SMILES string of the molecule is CC1OCCC12CN=C(N)O2. The summed E-state index contributed by atoms with van der Waals surface area (Å²) in [7, 11) is 0. The summed E-state index contributed by atoms with van der Waals surface area (Å²) >= 11 is 0. The Morgan fingerprint density at radius 3 is 3.00 bits per heavy atom. The van der Waals surface area contributed by atoms with Crippen LogP contribution in [-0.2, 0) is 9.47 Å². The first-order valence-electron chi connectivity index (χ1n) is 3.83. The molecule has 1 spiro atoms. The van der Waals surface area contributed by atoms with Gasteiger partial charge in [-0.05, 0) is 6.92 Å². The first-order valence-corrected chi connectivity index (χ1v) is 3.83. The second-order valence-corrected chi connectivity index (χ2v) is 3.08. The fourth-order valence-corrected chi connectivity index (χ4v) is 1.59. The molecule has 1 saturated heterocycles. The number of aliphatic imine (C=N–C) groups is 1. The molecular formula is C7H12N2O2. The van der Waals surface area contributed by atoms with E-state index in [0.29, 0.717) is 12.6 Å². The second-order valence-electron chi connectivity index (χ2n) is 3.08. The van der Waals surface area contributed by atoms with Crippen LogP contribution in [0.1, 0.15) is 13.3 Å². The zero-order valence-electron chi connectivity index (χ0n) is 6.54. The number of hydrogen-bond acceptors (Lipinski definition) is 4. The normalized spacial score (nSPS) is 42.6. The van der Waals surface area contributed by atoms with Gasteiger partial charge in [0.05, 0.1) is 19.3 Å². The van der Waals surface area contributed by atoms with Crippen molar-refractivity contribution in [1.29, 1.82) is 0 Å². The quantitative estimate of drug-likeness (QED) is 0.532. The summed E-state index contributed by atoms with van der Waals surface area (Å²) in [5, 5.41) is 0. The van der Waals surface area contributed by atoms with Crippen molar-refractivity contribution in [1.82, 2.24) is 0 Å². The lowest BCUT2D eigenvalue weighted by atomic mass is 9.97. The number of hydrogen-bond donors (Lipinski definition) is 1. The van der Waals surface area contributed by atoms with Crippen LogP contribution in [0.15, 0.2) is 4.99 Å². The molecule has 0 aromatic carbocycles. The molecule has 0 saturated carbocycles. The molecule has 4 heteroatoms. The molecule has 0 amide bonds. The van der Waals surface area contributed by atoms with Gasteiger partial charge in [0.25, 0.3) is 6.02 Å².